The number of alkyl halides is 3. The number of piperazine rings is 1. The van der Waals surface area contributed by atoms with Crippen molar-refractivity contribution < 1.29 is 22.8 Å². The van der Waals surface area contributed by atoms with E-state index in [4.69, 9.17) is 4.98 Å². The van der Waals surface area contributed by atoms with Gasteiger partial charge in [-0.15, -0.1) is 11.3 Å². The highest BCUT2D eigenvalue weighted by Gasteiger charge is 2.35. The van der Waals surface area contributed by atoms with Gasteiger partial charge in [0, 0.05) is 56.1 Å². The van der Waals surface area contributed by atoms with Crippen molar-refractivity contribution in [3.63, 3.8) is 0 Å². The second kappa shape index (κ2) is 11.4. The van der Waals surface area contributed by atoms with E-state index in [2.05, 4.69) is 12.1 Å². The van der Waals surface area contributed by atoms with Crippen LogP contribution in [0.15, 0.2) is 60.0 Å². The molecule has 5 rings (SSSR count). The van der Waals surface area contributed by atoms with E-state index in [9.17, 15) is 22.8 Å². The molecule has 0 bridgehead atoms. The maximum atomic E-state index is 13.2. The maximum Gasteiger partial charge on any atom is 0.416 e. The van der Waals surface area contributed by atoms with Gasteiger partial charge in [0.2, 0.25) is 5.91 Å². The van der Waals surface area contributed by atoms with Crippen LogP contribution in [-0.2, 0) is 11.0 Å². The van der Waals surface area contributed by atoms with Gasteiger partial charge in [0.1, 0.15) is 5.69 Å². The molecule has 2 amide bonds. The molecule has 0 saturated carbocycles. The first-order chi connectivity index (χ1) is 18.7. The summed E-state index contributed by atoms with van der Waals surface area (Å²) in [5.41, 5.74) is 1.35. The Labute approximate surface area is 230 Å². The largest absolute Gasteiger partial charge is 0.416 e. The van der Waals surface area contributed by atoms with Crippen LogP contribution in [0.1, 0.15) is 64.8 Å². The zero-order chi connectivity index (χ0) is 27.6. The van der Waals surface area contributed by atoms with Gasteiger partial charge in [0.05, 0.1) is 16.6 Å². The number of likely N-dealkylation sites (tertiary alicyclic amines) is 1. The Bertz CT molecular complexity index is 1310. The average molecular weight is 557 g/mol. The Hall–Kier alpha value is -3.40. The van der Waals surface area contributed by atoms with E-state index in [0.717, 1.165) is 35.5 Å². The number of halogens is 3. The molecule has 10 heteroatoms. The van der Waals surface area contributed by atoms with Crippen molar-refractivity contribution in [2.75, 3.05) is 37.6 Å². The third kappa shape index (κ3) is 5.95. The molecule has 0 aliphatic carbocycles. The molecular formula is C29H31F3N4O2S. The molecule has 0 radical (unpaired) electrons. The van der Waals surface area contributed by atoms with Gasteiger partial charge in [0.15, 0.2) is 0 Å². The highest BCUT2D eigenvalue weighted by atomic mass is 32.1. The molecule has 0 N–H and O–H groups in total. The summed E-state index contributed by atoms with van der Waals surface area (Å²) in [4.78, 5) is 36.2. The number of carbonyl (C=O) groups is 2. The smallest absolute Gasteiger partial charge is 0.368 e. The van der Waals surface area contributed by atoms with Crippen molar-refractivity contribution in [2.24, 2.45) is 0 Å². The van der Waals surface area contributed by atoms with E-state index in [1.54, 1.807) is 16.3 Å². The summed E-state index contributed by atoms with van der Waals surface area (Å²) in [6, 6.07) is 15.3. The maximum absolute atomic E-state index is 13.2. The van der Waals surface area contributed by atoms with Crippen molar-refractivity contribution in [3.8, 4) is 0 Å². The summed E-state index contributed by atoms with van der Waals surface area (Å²) < 4.78 is 39.3. The molecule has 3 heterocycles. The number of piperidine rings is 1. The van der Waals surface area contributed by atoms with Crippen LogP contribution in [0.4, 0.5) is 18.9 Å². The highest BCUT2D eigenvalue weighted by molar-refractivity contribution is 7.09. The number of amides is 2. The number of thiazole rings is 1. The third-order valence-electron chi connectivity index (χ3n) is 7.61. The fraction of sp³-hybridized carbons (Fsp3) is 0.414. The lowest BCUT2D eigenvalue weighted by Gasteiger charge is -2.39. The molecular weight excluding hydrogens is 525 g/mol. The van der Waals surface area contributed by atoms with Crippen LogP contribution in [0.3, 0.4) is 0 Å². The number of aromatic nitrogens is 1. The van der Waals surface area contributed by atoms with Crippen molar-refractivity contribution in [2.45, 2.75) is 44.3 Å². The number of anilines is 1. The van der Waals surface area contributed by atoms with Crippen molar-refractivity contribution >= 4 is 28.8 Å². The second-order valence-electron chi connectivity index (χ2n) is 9.99. The van der Waals surface area contributed by atoms with E-state index in [0.29, 0.717) is 50.5 Å². The topological polar surface area (TPSA) is 56.8 Å². The number of hydrogen-bond donors (Lipinski definition) is 0. The van der Waals surface area contributed by atoms with E-state index in [-0.39, 0.29) is 23.8 Å². The number of hydrogen-bond acceptors (Lipinski definition) is 5. The minimum Gasteiger partial charge on any atom is -0.368 e. The van der Waals surface area contributed by atoms with Crippen molar-refractivity contribution in [3.05, 3.63) is 81.8 Å². The quantitative estimate of drug-likeness (QED) is 0.388. The number of carbonyl (C=O) groups excluding carboxylic acids is 2. The molecule has 2 aromatic carbocycles. The lowest BCUT2D eigenvalue weighted by Crippen LogP contribution is -2.49. The van der Waals surface area contributed by atoms with Gasteiger partial charge in [-0.3, -0.25) is 9.59 Å². The number of benzene rings is 2. The number of nitrogens with zero attached hydrogens (tertiary/aromatic N) is 4. The van der Waals surface area contributed by atoms with Crippen molar-refractivity contribution in [1.82, 2.24) is 14.8 Å². The minimum absolute atomic E-state index is 0.0237. The van der Waals surface area contributed by atoms with E-state index >= 15 is 0 Å². The van der Waals surface area contributed by atoms with Gasteiger partial charge >= 0.3 is 6.18 Å². The van der Waals surface area contributed by atoms with Gasteiger partial charge in [-0.1, -0.05) is 43.3 Å². The normalized spacial score (nSPS) is 20.3. The summed E-state index contributed by atoms with van der Waals surface area (Å²) in [6.07, 6.45) is -2.37. The molecule has 2 saturated heterocycles. The third-order valence-corrected chi connectivity index (χ3v) is 8.61. The Morgan fingerprint density at radius 2 is 1.74 bits per heavy atom. The van der Waals surface area contributed by atoms with Crippen LogP contribution < -0.4 is 4.90 Å². The summed E-state index contributed by atoms with van der Waals surface area (Å²) >= 11 is 1.48. The molecule has 2 aliphatic heterocycles. The highest BCUT2D eigenvalue weighted by Crippen LogP contribution is 2.40. The van der Waals surface area contributed by atoms with Crippen LogP contribution in [0.2, 0.25) is 0 Å². The molecule has 2 fully saturated rings. The zero-order valence-electron chi connectivity index (χ0n) is 21.7. The Kier molecular flexibility index (Phi) is 7.93. The molecule has 0 spiro atoms. The average Bonchev–Trinajstić information content (AvgIpc) is 3.47. The molecule has 1 aromatic heterocycles. The standard InChI is InChI=1S/C29H31F3N4O2S/c1-2-26(37)36-12-11-21(17-25(36)20-7-4-3-5-8-20)27-33-24(19-39-27)28(38)35-15-13-34(14-16-35)23-10-6-9-22(18-23)29(30,31)32/h3-10,18-19,21,25H,2,11-17H2,1H3. The Morgan fingerprint density at radius 1 is 1.00 bits per heavy atom. The molecule has 2 atom stereocenters. The molecule has 2 unspecified atom stereocenters. The summed E-state index contributed by atoms with van der Waals surface area (Å²) in [6.45, 7) is 4.26. The fourth-order valence-corrected chi connectivity index (χ4v) is 6.41. The van der Waals surface area contributed by atoms with Crippen LogP contribution in [0.5, 0.6) is 0 Å². The zero-order valence-corrected chi connectivity index (χ0v) is 22.5. The molecule has 3 aromatic rings. The molecule has 2 aliphatic rings. The first-order valence-electron chi connectivity index (χ1n) is 13.3. The van der Waals surface area contributed by atoms with Crippen LogP contribution in [0.25, 0.3) is 0 Å². The Balaban J connectivity index is 1.23. The van der Waals surface area contributed by atoms with Gasteiger partial charge in [0.25, 0.3) is 5.91 Å². The van der Waals surface area contributed by atoms with E-state index in [1.807, 2.05) is 34.9 Å². The number of rotatable bonds is 5. The fourth-order valence-electron chi connectivity index (χ4n) is 5.46. The van der Waals surface area contributed by atoms with Gasteiger partial charge < -0.3 is 14.7 Å². The minimum atomic E-state index is -4.39. The lowest BCUT2D eigenvalue weighted by atomic mass is 9.87. The van der Waals surface area contributed by atoms with E-state index in [1.165, 1.54) is 17.4 Å². The summed E-state index contributed by atoms with van der Waals surface area (Å²) in [5.74, 6) is 0.140. The van der Waals surface area contributed by atoms with Crippen molar-refractivity contribution in [1.29, 1.82) is 0 Å². The van der Waals surface area contributed by atoms with Gasteiger partial charge in [-0.2, -0.15) is 13.2 Å². The SMILES string of the molecule is CCC(=O)N1CCC(c2nc(C(=O)N3CCN(c4cccc(C(F)(F)F)c4)CC3)cs2)CC1c1ccccc1. The van der Waals surface area contributed by atoms with Crippen LogP contribution >= 0.6 is 11.3 Å². The second-order valence-corrected chi connectivity index (χ2v) is 10.9. The van der Waals surface area contributed by atoms with Crippen LogP contribution in [0, 0.1) is 0 Å². The predicted octanol–water partition coefficient (Wildman–Crippen LogP) is 5.98. The molecule has 39 heavy (non-hydrogen) atoms. The Morgan fingerprint density at radius 3 is 2.44 bits per heavy atom. The monoisotopic (exact) mass is 556 g/mol. The predicted molar refractivity (Wildman–Crippen MR) is 145 cm³/mol. The van der Waals surface area contributed by atoms with Gasteiger partial charge in [-0.05, 0) is 36.6 Å². The van der Waals surface area contributed by atoms with E-state index < -0.39 is 11.7 Å². The summed E-state index contributed by atoms with van der Waals surface area (Å²) in [7, 11) is 0. The van der Waals surface area contributed by atoms with Gasteiger partial charge in [-0.25, -0.2) is 4.98 Å². The first-order valence-corrected chi connectivity index (χ1v) is 14.1. The molecule has 6 nitrogen and oxygen atoms in total. The first kappa shape index (κ1) is 27.2. The van der Waals surface area contributed by atoms with Crippen LogP contribution in [-0.4, -0.2) is 59.3 Å². The summed E-state index contributed by atoms with van der Waals surface area (Å²) in [5, 5.41) is 2.71. The lowest BCUT2D eigenvalue weighted by molar-refractivity contribution is -0.137. The molecule has 206 valence electrons.